The number of carbonyl (C=O) groups is 1. The third-order valence-electron chi connectivity index (χ3n) is 4.81. The first-order valence-corrected chi connectivity index (χ1v) is 7.93. The summed E-state index contributed by atoms with van der Waals surface area (Å²) < 4.78 is 5.92. The van der Waals surface area contributed by atoms with E-state index in [2.05, 4.69) is 19.2 Å². The average Bonchev–Trinajstić information content (AvgIpc) is 3.15. The Morgan fingerprint density at radius 3 is 2.40 bits per heavy atom. The molecule has 2 fully saturated rings. The Morgan fingerprint density at radius 1 is 1.30 bits per heavy atom. The van der Waals surface area contributed by atoms with Gasteiger partial charge in [-0.15, -0.1) is 0 Å². The molecule has 2 N–H and O–H groups in total. The molecule has 0 heterocycles. The van der Waals surface area contributed by atoms with Crippen molar-refractivity contribution in [1.82, 2.24) is 5.32 Å². The van der Waals surface area contributed by atoms with Crippen LogP contribution in [0.3, 0.4) is 0 Å². The maximum absolute atomic E-state index is 11.4. The van der Waals surface area contributed by atoms with Crippen molar-refractivity contribution in [1.29, 1.82) is 0 Å². The molecule has 0 saturated heterocycles. The Hall–Kier alpha value is -0.610. The summed E-state index contributed by atoms with van der Waals surface area (Å²) >= 11 is 0. The van der Waals surface area contributed by atoms with Crippen LogP contribution >= 0.6 is 0 Å². The highest BCUT2D eigenvalue weighted by Crippen LogP contribution is 2.36. The second-order valence-electron chi connectivity index (χ2n) is 7.54. The molecule has 2 aliphatic rings. The summed E-state index contributed by atoms with van der Waals surface area (Å²) in [5, 5.41) is 12.6. The van der Waals surface area contributed by atoms with E-state index in [0.29, 0.717) is 30.6 Å². The fourth-order valence-corrected chi connectivity index (χ4v) is 2.89. The lowest BCUT2D eigenvalue weighted by Gasteiger charge is -2.35. The van der Waals surface area contributed by atoms with Crippen molar-refractivity contribution in [3.8, 4) is 0 Å². The summed E-state index contributed by atoms with van der Waals surface area (Å²) in [5.74, 6) is -0.766. The molecule has 0 aromatic rings. The number of aliphatic carboxylic acids is 1. The van der Waals surface area contributed by atoms with E-state index >= 15 is 0 Å². The predicted octanol–water partition coefficient (Wildman–Crippen LogP) is 2.96. The predicted molar refractivity (Wildman–Crippen MR) is 78.8 cm³/mol. The molecule has 0 bridgehead atoms. The molecule has 2 rings (SSSR count). The first-order valence-electron chi connectivity index (χ1n) is 7.93. The van der Waals surface area contributed by atoms with E-state index in [4.69, 9.17) is 4.74 Å². The topological polar surface area (TPSA) is 58.6 Å². The smallest absolute Gasteiger partial charge is 0.323 e. The van der Waals surface area contributed by atoms with E-state index in [1.165, 1.54) is 12.8 Å². The molecular formula is C16H29NO3. The molecule has 0 radical (unpaired) electrons. The third-order valence-corrected chi connectivity index (χ3v) is 4.81. The zero-order valence-corrected chi connectivity index (χ0v) is 13.1. The van der Waals surface area contributed by atoms with E-state index in [1.54, 1.807) is 6.92 Å². The van der Waals surface area contributed by atoms with Crippen LogP contribution in [-0.2, 0) is 9.53 Å². The van der Waals surface area contributed by atoms with Crippen LogP contribution in [0.5, 0.6) is 0 Å². The molecule has 4 nitrogen and oxygen atoms in total. The normalized spacial score (nSPS) is 26.1. The molecule has 2 aliphatic carbocycles. The maximum Gasteiger partial charge on any atom is 0.323 e. The van der Waals surface area contributed by atoms with E-state index in [1.807, 2.05) is 0 Å². The number of carboxylic acid groups (broad SMARTS) is 1. The highest BCUT2D eigenvalue weighted by molar-refractivity contribution is 5.78. The van der Waals surface area contributed by atoms with Crippen LogP contribution in [0.1, 0.15) is 65.7 Å². The monoisotopic (exact) mass is 283 g/mol. The average molecular weight is 283 g/mol. The van der Waals surface area contributed by atoms with Gasteiger partial charge in [-0.2, -0.15) is 0 Å². The Labute approximate surface area is 122 Å². The van der Waals surface area contributed by atoms with E-state index in [0.717, 1.165) is 25.7 Å². The lowest BCUT2D eigenvalue weighted by Crippen LogP contribution is -2.51. The molecule has 0 aromatic heterocycles. The van der Waals surface area contributed by atoms with Crippen LogP contribution in [0.2, 0.25) is 0 Å². The third kappa shape index (κ3) is 4.45. The van der Waals surface area contributed by atoms with Crippen LogP contribution < -0.4 is 5.32 Å². The van der Waals surface area contributed by atoms with E-state index in [9.17, 15) is 9.90 Å². The van der Waals surface area contributed by atoms with Crippen molar-refractivity contribution in [3.63, 3.8) is 0 Å². The summed E-state index contributed by atoms with van der Waals surface area (Å²) in [7, 11) is 0. The fraction of sp³-hybridized carbons (Fsp3) is 0.938. The van der Waals surface area contributed by atoms with Gasteiger partial charge in [-0.1, -0.05) is 13.8 Å². The van der Waals surface area contributed by atoms with E-state index in [-0.39, 0.29) is 0 Å². The number of hydrogen-bond donors (Lipinski definition) is 2. The highest BCUT2D eigenvalue weighted by Gasteiger charge is 2.38. The Bertz CT molecular complexity index is 342. The standard InChI is InChI=1S/C16H29NO3/c1-15(2)8-6-13(7-9-15)20-11-10-16(3,14(18)19)17-12-4-5-12/h12-13,17H,4-11H2,1-3H3,(H,18,19). The lowest BCUT2D eigenvalue weighted by atomic mass is 9.76. The summed E-state index contributed by atoms with van der Waals surface area (Å²) in [6.45, 7) is 6.93. The number of ether oxygens (including phenoxy) is 1. The molecule has 1 unspecified atom stereocenters. The number of carboxylic acids is 1. The highest BCUT2D eigenvalue weighted by atomic mass is 16.5. The minimum absolute atomic E-state index is 0.321. The molecule has 4 heteroatoms. The van der Waals surface area contributed by atoms with Gasteiger partial charge < -0.3 is 9.84 Å². The van der Waals surface area contributed by atoms with E-state index < -0.39 is 11.5 Å². The summed E-state index contributed by atoms with van der Waals surface area (Å²) in [5.41, 5.74) is -0.391. The van der Waals surface area contributed by atoms with Gasteiger partial charge in [-0.3, -0.25) is 10.1 Å². The lowest BCUT2D eigenvalue weighted by molar-refractivity contribution is -0.145. The summed E-state index contributed by atoms with van der Waals surface area (Å²) in [6.07, 6.45) is 7.67. The van der Waals surface area contributed by atoms with Gasteiger partial charge in [0.15, 0.2) is 0 Å². The second kappa shape index (κ2) is 6.02. The van der Waals surface area contributed by atoms with Crippen molar-refractivity contribution in [2.24, 2.45) is 5.41 Å². The van der Waals surface area contributed by atoms with Crippen LogP contribution in [0.4, 0.5) is 0 Å². The molecule has 2 saturated carbocycles. The van der Waals surface area contributed by atoms with Crippen molar-refractivity contribution in [3.05, 3.63) is 0 Å². The minimum atomic E-state index is -0.838. The van der Waals surface area contributed by atoms with Crippen LogP contribution in [0, 0.1) is 5.41 Å². The largest absolute Gasteiger partial charge is 0.480 e. The molecule has 0 spiro atoms. The van der Waals surface area contributed by atoms with Crippen LogP contribution in [0.25, 0.3) is 0 Å². The van der Waals surface area contributed by atoms with Crippen molar-refractivity contribution in [2.75, 3.05) is 6.61 Å². The van der Waals surface area contributed by atoms with Crippen molar-refractivity contribution in [2.45, 2.75) is 83.4 Å². The SMILES string of the molecule is CC1(C)CCC(OCCC(C)(NC2CC2)C(=O)O)CC1. The maximum atomic E-state index is 11.4. The Balaban J connectivity index is 1.72. The zero-order valence-electron chi connectivity index (χ0n) is 13.1. The molecule has 0 aliphatic heterocycles. The second-order valence-corrected chi connectivity index (χ2v) is 7.54. The van der Waals surface area contributed by atoms with Crippen LogP contribution in [-0.4, -0.2) is 35.4 Å². The van der Waals surface area contributed by atoms with Gasteiger partial charge in [-0.05, 0) is 57.3 Å². The molecule has 20 heavy (non-hydrogen) atoms. The van der Waals surface area contributed by atoms with Gasteiger partial charge in [0, 0.05) is 12.6 Å². The summed E-state index contributed by atoms with van der Waals surface area (Å²) in [4.78, 5) is 11.4. The van der Waals surface area contributed by atoms with Gasteiger partial charge in [0.05, 0.1) is 6.10 Å². The van der Waals surface area contributed by atoms with Gasteiger partial charge in [0.25, 0.3) is 0 Å². The van der Waals surface area contributed by atoms with Gasteiger partial charge in [-0.25, -0.2) is 0 Å². The van der Waals surface area contributed by atoms with Crippen molar-refractivity contribution < 1.29 is 14.6 Å². The Kier molecular flexibility index (Phi) is 4.75. The minimum Gasteiger partial charge on any atom is -0.480 e. The number of rotatable bonds is 7. The molecule has 116 valence electrons. The van der Waals surface area contributed by atoms with Crippen molar-refractivity contribution >= 4 is 5.97 Å². The molecular weight excluding hydrogens is 254 g/mol. The fourth-order valence-electron chi connectivity index (χ4n) is 2.89. The quantitative estimate of drug-likeness (QED) is 0.754. The number of nitrogens with one attached hydrogen (secondary N) is 1. The molecule has 0 aromatic carbocycles. The van der Waals surface area contributed by atoms with Gasteiger partial charge in [0.1, 0.15) is 5.54 Å². The first-order chi connectivity index (χ1) is 9.31. The summed E-state index contributed by atoms with van der Waals surface area (Å²) in [6, 6.07) is 0.395. The van der Waals surface area contributed by atoms with Crippen LogP contribution in [0.15, 0.2) is 0 Å². The molecule has 0 amide bonds. The Morgan fingerprint density at radius 2 is 1.90 bits per heavy atom. The van der Waals surface area contributed by atoms with Gasteiger partial charge >= 0.3 is 5.97 Å². The zero-order chi connectivity index (χ0) is 14.8. The first kappa shape index (κ1) is 15.8. The van der Waals surface area contributed by atoms with Gasteiger partial charge in [0.2, 0.25) is 0 Å². The number of hydrogen-bond acceptors (Lipinski definition) is 3. The molecule has 1 atom stereocenters.